The van der Waals surface area contributed by atoms with Crippen molar-refractivity contribution in [2.75, 3.05) is 37.8 Å². The lowest BCUT2D eigenvalue weighted by molar-refractivity contribution is 0.252. The Labute approximate surface area is 107 Å². The molecule has 0 saturated carbocycles. The third-order valence-electron chi connectivity index (χ3n) is 3.34. The Morgan fingerprint density at radius 3 is 2.76 bits per heavy atom. The van der Waals surface area contributed by atoms with E-state index < -0.39 is 0 Å². The zero-order chi connectivity index (χ0) is 12.4. The number of anilines is 2. The molecule has 5 nitrogen and oxygen atoms in total. The Bertz CT molecular complexity index is 389. The summed E-state index contributed by atoms with van der Waals surface area (Å²) in [7, 11) is 4.16. The summed E-state index contributed by atoms with van der Waals surface area (Å²) < 4.78 is 0. The van der Waals surface area contributed by atoms with Gasteiger partial charge in [-0.1, -0.05) is 0 Å². The van der Waals surface area contributed by atoms with Crippen LogP contribution in [-0.2, 0) is 0 Å². The molecule has 0 unspecified atom stereocenters. The van der Waals surface area contributed by atoms with Gasteiger partial charge in [-0.15, -0.1) is 0 Å². The first kappa shape index (κ1) is 12.4. The van der Waals surface area contributed by atoms with Crippen molar-refractivity contribution >= 4 is 23.1 Å². The predicted molar refractivity (Wildman–Crippen MR) is 70.4 cm³/mol. The molecule has 94 valence electrons. The second kappa shape index (κ2) is 5.06. The molecular weight excluding hydrogens is 238 g/mol. The molecule has 0 spiro atoms. The van der Waals surface area contributed by atoms with Gasteiger partial charge in [-0.2, -0.15) is 4.98 Å². The molecule has 2 N–H and O–H groups in total. The van der Waals surface area contributed by atoms with Gasteiger partial charge in [-0.25, -0.2) is 4.98 Å². The predicted octanol–water partition coefficient (Wildman–Crippen LogP) is 1.24. The smallest absolute Gasteiger partial charge is 0.224 e. The summed E-state index contributed by atoms with van der Waals surface area (Å²) in [6.07, 6.45) is 3.80. The minimum absolute atomic E-state index is 0.244. The van der Waals surface area contributed by atoms with E-state index in [4.69, 9.17) is 17.3 Å². The van der Waals surface area contributed by atoms with E-state index in [0.29, 0.717) is 11.7 Å². The van der Waals surface area contributed by atoms with Crippen molar-refractivity contribution in [2.24, 2.45) is 0 Å². The zero-order valence-electron chi connectivity index (χ0n) is 10.2. The number of rotatable bonds is 2. The lowest BCUT2D eigenvalue weighted by Crippen LogP contribution is -2.42. The van der Waals surface area contributed by atoms with Gasteiger partial charge >= 0.3 is 0 Å². The van der Waals surface area contributed by atoms with Gasteiger partial charge in [0.05, 0.1) is 11.9 Å². The van der Waals surface area contributed by atoms with Crippen LogP contribution in [0.1, 0.15) is 12.8 Å². The molecule has 0 aliphatic carbocycles. The lowest BCUT2D eigenvalue weighted by Gasteiger charge is -2.36. The number of nitrogen functional groups attached to an aromatic ring is 1. The lowest BCUT2D eigenvalue weighted by atomic mass is 10.0. The summed E-state index contributed by atoms with van der Waals surface area (Å²) in [4.78, 5) is 12.5. The number of hydrogen-bond acceptors (Lipinski definition) is 5. The first-order valence-electron chi connectivity index (χ1n) is 5.77. The number of hydrogen-bond donors (Lipinski definition) is 1. The number of nitrogens with zero attached hydrogens (tertiary/aromatic N) is 4. The third-order valence-corrected chi connectivity index (χ3v) is 3.52. The van der Waals surface area contributed by atoms with E-state index in [1.54, 1.807) is 6.20 Å². The van der Waals surface area contributed by atoms with Crippen LogP contribution in [-0.4, -0.2) is 48.1 Å². The molecule has 1 aliphatic rings. The molecule has 1 aliphatic heterocycles. The van der Waals surface area contributed by atoms with Crippen molar-refractivity contribution in [3.8, 4) is 0 Å². The maximum absolute atomic E-state index is 5.89. The van der Waals surface area contributed by atoms with Crippen LogP contribution in [0.4, 0.5) is 11.5 Å². The minimum Gasteiger partial charge on any atom is -0.394 e. The Hall–Kier alpha value is -1.07. The summed E-state index contributed by atoms with van der Waals surface area (Å²) in [6, 6.07) is 0.472. The largest absolute Gasteiger partial charge is 0.394 e. The monoisotopic (exact) mass is 255 g/mol. The van der Waals surface area contributed by atoms with Crippen LogP contribution in [0, 0.1) is 0 Å². The quantitative estimate of drug-likeness (QED) is 0.806. The number of halogens is 1. The maximum Gasteiger partial charge on any atom is 0.224 e. The van der Waals surface area contributed by atoms with Gasteiger partial charge in [-0.3, -0.25) is 0 Å². The molecule has 0 radical (unpaired) electrons. The number of nitrogens with two attached hydrogens (primary N) is 1. The van der Waals surface area contributed by atoms with Crippen molar-refractivity contribution in [1.82, 2.24) is 14.9 Å². The van der Waals surface area contributed by atoms with Crippen LogP contribution in [0.25, 0.3) is 0 Å². The average Bonchev–Trinajstić information content (AvgIpc) is 2.32. The third kappa shape index (κ3) is 2.79. The maximum atomic E-state index is 5.89. The zero-order valence-corrected chi connectivity index (χ0v) is 11.0. The van der Waals surface area contributed by atoms with Gasteiger partial charge in [0.25, 0.3) is 0 Å². The number of likely N-dealkylation sites (tertiary alicyclic amines) is 1. The molecule has 0 atom stereocenters. The van der Waals surface area contributed by atoms with E-state index in [-0.39, 0.29) is 5.28 Å². The fourth-order valence-electron chi connectivity index (χ4n) is 2.20. The summed E-state index contributed by atoms with van der Waals surface area (Å²) in [5, 5.41) is 0.244. The number of aromatic nitrogens is 2. The van der Waals surface area contributed by atoms with Crippen molar-refractivity contribution in [2.45, 2.75) is 18.9 Å². The van der Waals surface area contributed by atoms with Gasteiger partial charge < -0.3 is 15.5 Å². The molecule has 2 rings (SSSR count). The van der Waals surface area contributed by atoms with Crippen LogP contribution in [0.5, 0.6) is 0 Å². The topological polar surface area (TPSA) is 58.3 Å². The highest BCUT2D eigenvalue weighted by Crippen LogP contribution is 2.25. The van der Waals surface area contributed by atoms with E-state index in [2.05, 4.69) is 26.8 Å². The molecular formula is C11H18ClN5. The molecule has 17 heavy (non-hydrogen) atoms. The summed E-state index contributed by atoms with van der Waals surface area (Å²) >= 11 is 5.81. The Balaban J connectivity index is 2.13. The molecule has 1 aromatic heterocycles. The molecule has 2 heterocycles. The Kier molecular flexibility index (Phi) is 3.69. The van der Waals surface area contributed by atoms with Gasteiger partial charge in [0.1, 0.15) is 0 Å². The Morgan fingerprint density at radius 1 is 1.47 bits per heavy atom. The summed E-state index contributed by atoms with van der Waals surface area (Å²) in [5.41, 5.74) is 6.47. The van der Waals surface area contributed by atoms with Crippen molar-refractivity contribution < 1.29 is 0 Å². The van der Waals surface area contributed by atoms with Crippen LogP contribution in [0.2, 0.25) is 5.28 Å². The second-order valence-electron chi connectivity index (χ2n) is 4.56. The first-order chi connectivity index (χ1) is 8.08. The summed E-state index contributed by atoms with van der Waals surface area (Å²) in [5.74, 6) is 0.736. The van der Waals surface area contributed by atoms with Gasteiger partial charge in [-0.05, 0) is 44.6 Å². The van der Waals surface area contributed by atoms with Gasteiger partial charge in [0, 0.05) is 13.1 Å². The highest BCUT2D eigenvalue weighted by molar-refractivity contribution is 6.28. The normalized spacial score (nSPS) is 18.3. The molecule has 6 heteroatoms. The van der Waals surface area contributed by atoms with Gasteiger partial charge in [0.2, 0.25) is 5.28 Å². The number of piperidine rings is 1. The molecule has 1 fully saturated rings. The average molecular weight is 256 g/mol. The van der Waals surface area contributed by atoms with E-state index >= 15 is 0 Å². The molecule has 0 aromatic carbocycles. The van der Waals surface area contributed by atoms with Crippen molar-refractivity contribution in [1.29, 1.82) is 0 Å². The standard InChI is InChI=1S/C11H18ClN5/c1-16-5-3-8(4-6-16)17(2)10-9(13)7-14-11(12)15-10/h7-8H,3-6,13H2,1-2H3. The van der Waals surface area contributed by atoms with E-state index in [9.17, 15) is 0 Å². The van der Waals surface area contributed by atoms with Crippen LogP contribution in [0.3, 0.4) is 0 Å². The van der Waals surface area contributed by atoms with Crippen LogP contribution in [0.15, 0.2) is 6.20 Å². The van der Waals surface area contributed by atoms with E-state index in [1.807, 2.05) is 7.05 Å². The molecule has 0 amide bonds. The minimum atomic E-state index is 0.244. The Morgan fingerprint density at radius 2 is 2.12 bits per heavy atom. The molecule has 1 saturated heterocycles. The van der Waals surface area contributed by atoms with Crippen LogP contribution >= 0.6 is 11.6 Å². The molecule has 0 bridgehead atoms. The summed E-state index contributed by atoms with van der Waals surface area (Å²) in [6.45, 7) is 2.21. The highest BCUT2D eigenvalue weighted by atomic mass is 35.5. The van der Waals surface area contributed by atoms with E-state index in [1.165, 1.54) is 0 Å². The van der Waals surface area contributed by atoms with Crippen LogP contribution < -0.4 is 10.6 Å². The molecule has 1 aromatic rings. The fraction of sp³-hybridized carbons (Fsp3) is 0.636. The van der Waals surface area contributed by atoms with Crippen molar-refractivity contribution in [3.05, 3.63) is 11.5 Å². The second-order valence-corrected chi connectivity index (χ2v) is 4.90. The highest BCUT2D eigenvalue weighted by Gasteiger charge is 2.23. The van der Waals surface area contributed by atoms with Crippen molar-refractivity contribution in [3.63, 3.8) is 0 Å². The SMILES string of the molecule is CN1CCC(N(C)c2nc(Cl)ncc2N)CC1. The fourth-order valence-corrected chi connectivity index (χ4v) is 2.33. The van der Waals surface area contributed by atoms with E-state index in [0.717, 1.165) is 31.7 Å². The van der Waals surface area contributed by atoms with Gasteiger partial charge in [0.15, 0.2) is 5.82 Å². The first-order valence-corrected chi connectivity index (χ1v) is 6.15.